The van der Waals surface area contributed by atoms with E-state index in [4.69, 9.17) is 4.74 Å². The van der Waals surface area contributed by atoms with Gasteiger partial charge in [0.25, 0.3) is 0 Å². The number of rotatable bonds is 4. The summed E-state index contributed by atoms with van der Waals surface area (Å²) in [4.78, 5) is 6.61. The summed E-state index contributed by atoms with van der Waals surface area (Å²) in [6.07, 6.45) is 5.04. The van der Waals surface area contributed by atoms with E-state index in [-0.39, 0.29) is 0 Å². The first kappa shape index (κ1) is 15.9. The Hall–Kier alpha value is -1.02. The van der Waals surface area contributed by atoms with Gasteiger partial charge in [0.1, 0.15) is 4.90 Å². The van der Waals surface area contributed by atoms with E-state index in [0.29, 0.717) is 23.9 Å². The molecule has 2 saturated heterocycles. The van der Waals surface area contributed by atoms with Crippen molar-refractivity contribution in [2.24, 2.45) is 5.92 Å². The molecule has 6 nitrogen and oxygen atoms in total. The summed E-state index contributed by atoms with van der Waals surface area (Å²) in [6.45, 7) is 5.64. The van der Waals surface area contributed by atoms with Crippen LogP contribution >= 0.6 is 0 Å². The first-order valence-corrected chi connectivity index (χ1v) is 9.30. The molecule has 7 heteroatoms. The van der Waals surface area contributed by atoms with E-state index in [0.717, 1.165) is 45.7 Å². The molecule has 0 aliphatic carbocycles. The molecule has 22 heavy (non-hydrogen) atoms. The third-order valence-corrected chi connectivity index (χ3v) is 6.22. The molecule has 3 heterocycles. The molecular weight excluding hydrogens is 302 g/mol. The average Bonchev–Trinajstić information content (AvgIpc) is 2.57. The Bertz CT molecular complexity index is 573. The maximum Gasteiger partial charge on any atom is 0.244 e. The lowest BCUT2D eigenvalue weighted by molar-refractivity contribution is 0.0265. The number of ether oxygens (including phenoxy) is 1. The number of hydrogen-bond acceptors (Lipinski definition) is 5. The van der Waals surface area contributed by atoms with Gasteiger partial charge in [0.2, 0.25) is 10.0 Å². The number of aromatic nitrogens is 1. The maximum atomic E-state index is 12.7. The van der Waals surface area contributed by atoms with Gasteiger partial charge in [-0.3, -0.25) is 9.88 Å². The lowest BCUT2D eigenvalue weighted by Gasteiger charge is -2.36. The van der Waals surface area contributed by atoms with Crippen LogP contribution < -0.4 is 0 Å². The van der Waals surface area contributed by atoms with Gasteiger partial charge >= 0.3 is 0 Å². The Morgan fingerprint density at radius 2 is 2.09 bits per heavy atom. The minimum Gasteiger partial charge on any atom is -0.379 e. The zero-order valence-electron chi connectivity index (χ0n) is 12.7. The maximum absolute atomic E-state index is 12.7. The highest BCUT2D eigenvalue weighted by molar-refractivity contribution is 7.89. The highest BCUT2D eigenvalue weighted by atomic mass is 32.2. The van der Waals surface area contributed by atoms with Crippen molar-refractivity contribution < 1.29 is 13.2 Å². The van der Waals surface area contributed by atoms with E-state index in [1.807, 2.05) is 0 Å². The van der Waals surface area contributed by atoms with Crippen LogP contribution in [0.5, 0.6) is 0 Å². The number of morpholine rings is 1. The van der Waals surface area contributed by atoms with Crippen molar-refractivity contribution in [1.82, 2.24) is 14.2 Å². The summed E-state index contributed by atoms with van der Waals surface area (Å²) in [6, 6.07) is 3.29. The van der Waals surface area contributed by atoms with Crippen LogP contribution in [0.25, 0.3) is 0 Å². The van der Waals surface area contributed by atoms with Gasteiger partial charge in [0, 0.05) is 45.1 Å². The zero-order valence-corrected chi connectivity index (χ0v) is 13.5. The Labute approximate surface area is 132 Å². The quantitative estimate of drug-likeness (QED) is 0.820. The third kappa shape index (κ3) is 3.65. The second-order valence-electron chi connectivity index (χ2n) is 5.97. The topological polar surface area (TPSA) is 62.7 Å². The van der Waals surface area contributed by atoms with Crippen molar-refractivity contribution in [3.05, 3.63) is 24.5 Å². The molecule has 0 saturated carbocycles. The Balaban J connectivity index is 1.65. The summed E-state index contributed by atoms with van der Waals surface area (Å²) in [7, 11) is -3.41. The standard InChI is InChI=1S/C15H23N3O3S/c19-22(20,15-4-1-5-16-11-15)18-6-2-3-14(13-18)12-17-7-9-21-10-8-17/h1,4-5,11,14H,2-3,6-10,12-13H2. The summed E-state index contributed by atoms with van der Waals surface area (Å²) in [5, 5.41) is 0. The molecular formula is C15H23N3O3S. The fraction of sp³-hybridized carbons (Fsp3) is 0.667. The van der Waals surface area contributed by atoms with Gasteiger partial charge in [0.05, 0.1) is 13.2 Å². The zero-order chi connectivity index (χ0) is 15.4. The minimum absolute atomic E-state index is 0.294. The van der Waals surface area contributed by atoms with Crippen LogP contribution in [0.2, 0.25) is 0 Å². The fourth-order valence-electron chi connectivity index (χ4n) is 3.19. The van der Waals surface area contributed by atoms with E-state index in [1.165, 1.54) is 6.20 Å². The van der Waals surface area contributed by atoms with Crippen LogP contribution in [0, 0.1) is 5.92 Å². The highest BCUT2D eigenvalue weighted by Gasteiger charge is 2.31. The summed E-state index contributed by atoms with van der Waals surface area (Å²) < 4.78 is 32.3. The largest absolute Gasteiger partial charge is 0.379 e. The molecule has 0 amide bonds. The molecule has 1 unspecified atom stereocenters. The molecule has 1 atom stereocenters. The van der Waals surface area contributed by atoms with Crippen LogP contribution in [-0.4, -0.2) is 68.5 Å². The number of nitrogens with zero attached hydrogens (tertiary/aromatic N) is 3. The molecule has 2 aliphatic rings. The van der Waals surface area contributed by atoms with Gasteiger partial charge in [-0.05, 0) is 30.9 Å². The van der Waals surface area contributed by atoms with Crippen LogP contribution in [-0.2, 0) is 14.8 Å². The van der Waals surface area contributed by atoms with Crippen molar-refractivity contribution in [1.29, 1.82) is 0 Å². The monoisotopic (exact) mass is 325 g/mol. The molecule has 0 radical (unpaired) electrons. The minimum atomic E-state index is -3.41. The Morgan fingerprint density at radius 1 is 1.27 bits per heavy atom. The van der Waals surface area contributed by atoms with Gasteiger partial charge in [-0.25, -0.2) is 8.42 Å². The lowest BCUT2D eigenvalue weighted by Crippen LogP contribution is -2.46. The lowest BCUT2D eigenvalue weighted by atomic mass is 9.99. The van der Waals surface area contributed by atoms with Crippen LogP contribution in [0.15, 0.2) is 29.4 Å². The normalized spacial score (nSPS) is 25.2. The van der Waals surface area contributed by atoms with Crippen LogP contribution in [0.4, 0.5) is 0 Å². The van der Waals surface area contributed by atoms with Crippen LogP contribution in [0.1, 0.15) is 12.8 Å². The van der Waals surface area contributed by atoms with Crippen molar-refractivity contribution in [3.8, 4) is 0 Å². The molecule has 0 bridgehead atoms. The van der Waals surface area contributed by atoms with E-state index in [1.54, 1.807) is 22.6 Å². The first-order valence-electron chi connectivity index (χ1n) is 7.86. The molecule has 0 aromatic carbocycles. The highest BCUT2D eigenvalue weighted by Crippen LogP contribution is 2.24. The van der Waals surface area contributed by atoms with Gasteiger partial charge < -0.3 is 4.74 Å². The second-order valence-corrected chi connectivity index (χ2v) is 7.91. The van der Waals surface area contributed by atoms with E-state index in [2.05, 4.69) is 9.88 Å². The van der Waals surface area contributed by atoms with Crippen molar-refractivity contribution in [2.75, 3.05) is 45.9 Å². The second kappa shape index (κ2) is 7.04. The Morgan fingerprint density at radius 3 is 2.82 bits per heavy atom. The van der Waals surface area contributed by atoms with Gasteiger partial charge in [-0.1, -0.05) is 0 Å². The molecule has 3 rings (SSSR count). The van der Waals surface area contributed by atoms with E-state index < -0.39 is 10.0 Å². The average molecular weight is 325 g/mol. The van der Waals surface area contributed by atoms with Crippen molar-refractivity contribution in [3.63, 3.8) is 0 Å². The Kier molecular flexibility index (Phi) is 5.07. The summed E-state index contributed by atoms with van der Waals surface area (Å²) in [5.41, 5.74) is 0. The van der Waals surface area contributed by atoms with Crippen LogP contribution in [0.3, 0.4) is 0 Å². The summed E-state index contributed by atoms with van der Waals surface area (Å²) >= 11 is 0. The fourth-order valence-corrected chi connectivity index (χ4v) is 4.71. The SMILES string of the molecule is O=S(=O)(c1cccnc1)N1CCCC(CN2CCOCC2)C1. The molecule has 0 spiro atoms. The number of hydrogen-bond donors (Lipinski definition) is 0. The van der Waals surface area contributed by atoms with Crippen molar-refractivity contribution >= 4 is 10.0 Å². The predicted molar refractivity (Wildman–Crippen MR) is 83.0 cm³/mol. The summed E-state index contributed by atoms with van der Waals surface area (Å²) in [5.74, 6) is 0.401. The smallest absolute Gasteiger partial charge is 0.244 e. The predicted octanol–water partition coefficient (Wildman–Crippen LogP) is 0.815. The molecule has 0 N–H and O–H groups in total. The number of piperidine rings is 1. The molecule has 2 fully saturated rings. The van der Waals surface area contributed by atoms with E-state index in [9.17, 15) is 8.42 Å². The molecule has 2 aliphatic heterocycles. The number of pyridine rings is 1. The van der Waals surface area contributed by atoms with Gasteiger partial charge in [0.15, 0.2) is 0 Å². The first-order chi connectivity index (χ1) is 10.7. The molecule has 122 valence electrons. The van der Waals surface area contributed by atoms with E-state index >= 15 is 0 Å². The van der Waals surface area contributed by atoms with Gasteiger partial charge in [-0.15, -0.1) is 0 Å². The third-order valence-electron chi connectivity index (χ3n) is 4.37. The molecule has 1 aromatic rings. The number of sulfonamides is 1. The van der Waals surface area contributed by atoms with Gasteiger partial charge in [-0.2, -0.15) is 4.31 Å². The van der Waals surface area contributed by atoms with Crippen molar-refractivity contribution in [2.45, 2.75) is 17.7 Å². The molecule has 1 aromatic heterocycles.